The smallest absolute Gasteiger partial charge is 0.157 e. The Kier molecular flexibility index (Phi) is 7.89. The third kappa shape index (κ3) is 6.18. The van der Waals surface area contributed by atoms with Crippen molar-refractivity contribution in [2.45, 2.75) is 83.3 Å². The summed E-state index contributed by atoms with van der Waals surface area (Å²) in [7, 11) is 0. The molecule has 0 spiro atoms. The van der Waals surface area contributed by atoms with Gasteiger partial charge in [0.15, 0.2) is 6.29 Å². The predicted molar refractivity (Wildman–Crippen MR) is 116 cm³/mol. The molecule has 0 N–H and O–H groups in total. The van der Waals surface area contributed by atoms with Crippen molar-refractivity contribution in [1.82, 2.24) is 0 Å². The van der Waals surface area contributed by atoms with E-state index in [0.717, 1.165) is 49.7 Å². The van der Waals surface area contributed by atoms with Crippen molar-refractivity contribution in [3.8, 4) is 0 Å². The van der Waals surface area contributed by atoms with E-state index in [1.54, 1.807) is 6.07 Å². The Balaban J connectivity index is 1.12. The third-order valence-corrected chi connectivity index (χ3v) is 8.07. The molecule has 1 saturated heterocycles. The largest absolute Gasteiger partial charge is 0.350 e. The van der Waals surface area contributed by atoms with E-state index in [9.17, 15) is 4.39 Å². The van der Waals surface area contributed by atoms with Gasteiger partial charge in [-0.25, -0.2) is 4.39 Å². The van der Waals surface area contributed by atoms with Crippen LogP contribution in [-0.4, -0.2) is 19.5 Å². The Bertz CT molecular complexity index is 630. The lowest BCUT2D eigenvalue weighted by Crippen LogP contribution is -2.26. The molecule has 4 heteroatoms. The lowest BCUT2D eigenvalue weighted by molar-refractivity contribution is -0.0514. The van der Waals surface area contributed by atoms with E-state index in [0.29, 0.717) is 0 Å². The zero-order valence-electron chi connectivity index (χ0n) is 17.6. The van der Waals surface area contributed by atoms with Gasteiger partial charge in [0.1, 0.15) is 5.82 Å². The summed E-state index contributed by atoms with van der Waals surface area (Å²) in [5.41, 5.74) is 1.17. The summed E-state index contributed by atoms with van der Waals surface area (Å²) in [5, 5.41) is 0.255. The first kappa shape index (κ1) is 21.6. The van der Waals surface area contributed by atoms with Gasteiger partial charge >= 0.3 is 0 Å². The van der Waals surface area contributed by atoms with E-state index in [1.165, 1.54) is 75.8 Å². The van der Waals surface area contributed by atoms with E-state index in [-0.39, 0.29) is 17.1 Å². The summed E-state index contributed by atoms with van der Waals surface area (Å²) in [5.74, 6) is 3.32. The highest BCUT2D eigenvalue weighted by atomic mass is 35.5. The predicted octanol–water partition coefficient (Wildman–Crippen LogP) is 7.18. The molecule has 29 heavy (non-hydrogen) atoms. The SMILES string of the molecule is Fc1ccc(CCC2CCC(C3CCC(CCC4OCCO4)CC3)CC2)cc1Cl. The number of benzene rings is 1. The van der Waals surface area contributed by atoms with Crippen LogP contribution in [-0.2, 0) is 15.9 Å². The van der Waals surface area contributed by atoms with Gasteiger partial charge in [-0.3, -0.25) is 0 Å². The maximum Gasteiger partial charge on any atom is 0.157 e. The van der Waals surface area contributed by atoms with Gasteiger partial charge in [0.2, 0.25) is 0 Å². The highest BCUT2D eigenvalue weighted by Gasteiger charge is 2.31. The minimum absolute atomic E-state index is 0.0777. The number of halogens is 2. The molecule has 2 aliphatic carbocycles. The van der Waals surface area contributed by atoms with Crippen molar-refractivity contribution in [3.05, 3.63) is 34.6 Å². The van der Waals surface area contributed by atoms with Crippen LogP contribution in [0.5, 0.6) is 0 Å². The lowest BCUT2D eigenvalue weighted by atomic mass is 9.68. The van der Waals surface area contributed by atoms with Gasteiger partial charge in [0.25, 0.3) is 0 Å². The Morgan fingerprint density at radius 1 is 0.793 bits per heavy atom. The number of hydrogen-bond donors (Lipinski definition) is 0. The summed E-state index contributed by atoms with van der Waals surface area (Å²) in [6, 6.07) is 5.18. The topological polar surface area (TPSA) is 18.5 Å². The van der Waals surface area contributed by atoms with E-state index < -0.39 is 0 Å². The second kappa shape index (κ2) is 10.6. The average molecular weight is 423 g/mol. The summed E-state index contributed by atoms with van der Waals surface area (Å²) in [6.07, 6.45) is 15.9. The van der Waals surface area contributed by atoms with Gasteiger partial charge in [0.05, 0.1) is 18.2 Å². The van der Waals surface area contributed by atoms with Crippen LogP contribution >= 0.6 is 11.6 Å². The van der Waals surface area contributed by atoms with Crippen molar-refractivity contribution in [3.63, 3.8) is 0 Å². The highest BCUT2D eigenvalue weighted by molar-refractivity contribution is 6.30. The van der Waals surface area contributed by atoms with Gasteiger partial charge in [-0.15, -0.1) is 0 Å². The van der Waals surface area contributed by atoms with Crippen molar-refractivity contribution >= 4 is 11.6 Å². The Labute approximate surface area is 180 Å². The number of hydrogen-bond acceptors (Lipinski definition) is 2. The molecule has 162 valence electrons. The van der Waals surface area contributed by atoms with Crippen molar-refractivity contribution < 1.29 is 13.9 Å². The molecule has 1 aliphatic heterocycles. The normalized spacial score (nSPS) is 31.2. The molecule has 1 aromatic rings. The van der Waals surface area contributed by atoms with Crippen molar-refractivity contribution in [2.75, 3.05) is 13.2 Å². The number of ether oxygens (including phenoxy) is 2. The van der Waals surface area contributed by atoms with E-state index in [2.05, 4.69) is 0 Å². The van der Waals surface area contributed by atoms with Gasteiger partial charge in [-0.05, 0) is 92.7 Å². The van der Waals surface area contributed by atoms with Crippen LogP contribution < -0.4 is 0 Å². The van der Waals surface area contributed by atoms with Crippen LogP contribution in [0.25, 0.3) is 0 Å². The summed E-state index contributed by atoms with van der Waals surface area (Å²) < 4.78 is 24.5. The van der Waals surface area contributed by atoms with Gasteiger partial charge < -0.3 is 9.47 Å². The fourth-order valence-electron chi connectivity index (χ4n) is 5.91. The number of rotatable bonds is 7. The quantitative estimate of drug-likeness (QED) is 0.463. The molecule has 0 bridgehead atoms. The van der Waals surface area contributed by atoms with Crippen LogP contribution in [0.15, 0.2) is 18.2 Å². The van der Waals surface area contributed by atoms with Gasteiger partial charge in [0, 0.05) is 0 Å². The lowest BCUT2D eigenvalue weighted by Gasteiger charge is -2.38. The van der Waals surface area contributed by atoms with Gasteiger partial charge in [-0.2, -0.15) is 0 Å². The monoisotopic (exact) mass is 422 g/mol. The molecular formula is C25H36ClFO2. The summed E-state index contributed by atoms with van der Waals surface area (Å²) in [6.45, 7) is 1.55. The van der Waals surface area contributed by atoms with Crippen LogP contribution in [0.1, 0.15) is 76.2 Å². The molecule has 0 unspecified atom stereocenters. The maximum absolute atomic E-state index is 13.3. The Hall–Kier alpha value is -0.640. The molecule has 2 nitrogen and oxygen atoms in total. The second-order valence-electron chi connectivity index (χ2n) is 9.60. The Morgan fingerprint density at radius 3 is 1.97 bits per heavy atom. The molecule has 4 rings (SSSR count). The van der Waals surface area contributed by atoms with Crippen molar-refractivity contribution in [2.24, 2.45) is 23.7 Å². The zero-order valence-corrected chi connectivity index (χ0v) is 18.3. The first-order valence-electron chi connectivity index (χ1n) is 11.8. The molecule has 2 saturated carbocycles. The molecule has 3 fully saturated rings. The molecular weight excluding hydrogens is 387 g/mol. The van der Waals surface area contributed by atoms with E-state index in [1.807, 2.05) is 6.07 Å². The average Bonchev–Trinajstić information content (AvgIpc) is 3.28. The van der Waals surface area contributed by atoms with Crippen LogP contribution in [0.3, 0.4) is 0 Å². The summed E-state index contributed by atoms with van der Waals surface area (Å²) in [4.78, 5) is 0. The molecule has 1 heterocycles. The molecule has 0 aromatic heterocycles. The first-order valence-corrected chi connectivity index (χ1v) is 12.2. The minimum atomic E-state index is -0.314. The minimum Gasteiger partial charge on any atom is -0.350 e. The maximum atomic E-state index is 13.3. The number of aryl methyl sites for hydroxylation is 1. The Morgan fingerprint density at radius 2 is 1.38 bits per heavy atom. The zero-order chi connectivity index (χ0) is 20.1. The molecule has 3 aliphatic rings. The van der Waals surface area contributed by atoms with E-state index >= 15 is 0 Å². The van der Waals surface area contributed by atoms with E-state index in [4.69, 9.17) is 21.1 Å². The van der Waals surface area contributed by atoms with Crippen LogP contribution in [0.4, 0.5) is 4.39 Å². The molecule has 0 radical (unpaired) electrons. The fraction of sp³-hybridized carbons (Fsp3) is 0.760. The highest BCUT2D eigenvalue weighted by Crippen LogP contribution is 2.43. The van der Waals surface area contributed by atoms with Crippen molar-refractivity contribution in [1.29, 1.82) is 0 Å². The summed E-state index contributed by atoms with van der Waals surface area (Å²) >= 11 is 5.92. The molecule has 0 amide bonds. The molecule has 1 aromatic carbocycles. The second-order valence-corrected chi connectivity index (χ2v) is 10.0. The van der Waals surface area contributed by atoms with Crippen LogP contribution in [0, 0.1) is 29.5 Å². The van der Waals surface area contributed by atoms with Crippen LogP contribution in [0.2, 0.25) is 5.02 Å². The van der Waals surface area contributed by atoms with Gasteiger partial charge in [-0.1, -0.05) is 43.4 Å². The molecule has 0 atom stereocenters. The third-order valence-electron chi connectivity index (χ3n) is 7.78. The standard InChI is InChI=1S/C25H36ClFO2/c26-23-17-20(7-13-24(23)27)2-1-18-3-9-21(10-4-18)22-11-5-19(6-12-22)8-14-25-28-15-16-29-25/h7,13,17-19,21-22,25H,1-6,8-12,14-16H2. The fourth-order valence-corrected chi connectivity index (χ4v) is 6.11. The first-order chi connectivity index (χ1) is 14.2.